The van der Waals surface area contributed by atoms with Crippen molar-refractivity contribution in [3.63, 3.8) is 0 Å². The number of allylic oxidation sites excluding steroid dienone is 4. The van der Waals surface area contributed by atoms with E-state index in [0.717, 1.165) is 37.1 Å². The van der Waals surface area contributed by atoms with Crippen molar-refractivity contribution in [3.05, 3.63) is 58.9 Å². The van der Waals surface area contributed by atoms with Gasteiger partial charge in [0.05, 0.1) is 5.56 Å². The number of hydrogen-bond donors (Lipinski definition) is 1. The van der Waals surface area contributed by atoms with E-state index in [-0.39, 0.29) is 17.1 Å². The van der Waals surface area contributed by atoms with Gasteiger partial charge in [0.25, 0.3) is 0 Å². The van der Waals surface area contributed by atoms with E-state index in [4.69, 9.17) is 22.1 Å². The van der Waals surface area contributed by atoms with Crippen LogP contribution in [-0.2, 0) is 4.74 Å². The zero-order valence-corrected chi connectivity index (χ0v) is 14.8. The molecule has 0 radical (unpaired) electrons. The van der Waals surface area contributed by atoms with Crippen molar-refractivity contribution in [2.45, 2.75) is 38.2 Å². The summed E-state index contributed by atoms with van der Waals surface area (Å²) in [6, 6.07) is 5.90. The first-order valence-corrected chi connectivity index (χ1v) is 9.10. The fourth-order valence-corrected chi connectivity index (χ4v) is 4.15. The highest BCUT2D eigenvalue weighted by Gasteiger charge is 2.41. The van der Waals surface area contributed by atoms with Crippen LogP contribution in [0.2, 0.25) is 0 Å². The molecule has 1 atom stereocenters. The van der Waals surface area contributed by atoms with E-state index in [9.17, 15) is 9.18 Å². The molecule has 2 aliphatic rings. The van der Waals surface area contributed by atoms with Gasteiger partial charge in [-0.05, 0) is 68.2 Å². The van der Waals surface area contributed by atoms with Crippen LogP contribution in [0.25, 0.3) is 0 Å². The van der Waals surface area contributed by atoms with Crippen molar-refractivity contribution >= 4 is 17.6 Å². The SMILES string of the molecule is NCC1(C2C=CC=C(Cl)C2)CCC(OC(=O)c2ccccc2F)CC1. The van der Waals surface area contributed by atoms with Crippen LogP contribution >= 0.6 is 11.6 Å². The molecule has 0 aromatic heterocycles. The van der Waals surface area contributed by atoms with E-state index in [0.29, 0.717) is 12.5 Å². The van der Waals surface area contributed by atoms with E-state index in [1.807, 2.05) is 12.2 Å². The quantitative estimate of drug-likeness (QED) is 0.797. The van der Waals surface area contributed by atoms with Gasteiger partial charge in [-0.3, -0.25) is 0 Å². The van der Waals surface area contributed by atoms with Crippen LogP contribution in [0.1, 0.15) is 42.5 Å². The minimum Gasteiger partial charge on any atom is -0.459 e. The molecule has 0 heterocycles. The summed E-state index contributed by atoms with van der Waals surface area (Å²) < 4.78 is 19.2. The summed E-state index contributed by atoms with van der Waals surface area (Å²) in [5.41, 5.74) is 6.10. The smallest absolute Gasteiger partial charge is 0.341 e. The Morgan fingerprint density at radius 3 is 2.68 bits per heavy atom. The van der Waals surface area contributed by atoms with E-state index < -0.39 is 11.8 Å². The third-order valence-electron chi connectivity index (χ3n) is 5.52. The third-order valence-corrected chi connectivity index (χ3v) is 5.80. The van der Waals surface area contributed by atoms with Gasteiger partial charge in [0.15, 0.2) is 0 Å². The van der Waals surface area contributed by atoms with Crippen molar-refractivity contribution in [2.75, 3.05) is 6.54 Å². The van der Waals surface area contributed by atoms with Gasteiger partial charge >= 0.3 is 5.97 Å². The summed E-state index contributed by atoms with van der Waals surface area (Å²) in [4.78, 5) is 12.2. The molecule has 0 bridgehead atoms. The lowest BCUT2D eigenvalue weighted by Crippen LogP contribution is -2.42. The molecule has 1 saturated carbocycles. The number of benzene rings is 1. The third kappa shape index (κ3) is 3.96. The number of nitrogens with two attached hydrogens (primary N) is 1. The first-order valence-electron chi connectivity index (χ1n) is 8.72. The molecule has 0 aliphatic heterocycles. The fraction of sp³-hybridized carbons (Fsp3) is 0.450. The Morgan fingerprint density at radius 1 is 1.32 bits per heavy atom. The molecule has 1 aromatic carbocycles. The van der Waals surface area contributed by atoms with E-state index in [1.54, 1.807) is 12.1 Å². The monoisotopic (exact) mass is 363 g/mol. The summed E-state index contributed by atoms with van der Waals surface area (Å²) in [7, 11) is 0. The first kappa shape index (κ1) is 18.2. The second kappa shape index (κ2) is 7.71. The summed E-state index contributed by atoms with van der Waals surface area (Å²) in [5, 5.41) is 0.855. The Bertz CT molecular complexity index is 693. The number of ether oxygens (including phenoxy) is 1. The van der Waals surface area contributed by atoms with Gasteiger partial charge in [0.1, 0.15) is 11.9 Å². The predicted molar refractivity (Wildman–Crippen MR) is 96.7 cm³/mol. The van der Waals surface area contributed by atoms with Crippen LogP contribution < -0.4 is 5.73 Å². The Morgan fingerprint density at radius 2 is 2.04 bits per heavy atom. The molecule has 134 valence electrons. The number of hydrogen-bond acceptors (Lipinski definition) is 3. The number of esters is 1. The van der Waals surface area contributed by atoms with Gasteiger partial charge in [-0.15, -0.1) is 0 Å². The van der Waals surface area contributed by atoms with Crippen LogP contribution in [0, 0.1) is 17.2 Å². The van der Waals surface area contributed by atoms with Gasteiger partial charge in [-0.2, -0.15) is 0 Å². The zero-order chi connectivity index (χ0) is 17.9. The maximum absolute atomic E-state index is 13.7. The van der Waals surface area contributed by atoms with Crippen LogP contribution in [0.4, 0.5) is 4.39 Å². The molecule has 1 unspecified atom stereocenters. The van der Waals surface area contributed by atoms with Crippen LogP contribution in [0.5, 0.6) is 0 Å². The molecule has 3 nitrogen and oxygen atoms in total. The lowest BCUT2D eigenvalue weighted by atomic mass is 9.63. The maximum atomic E-state index is 13.7. The normalized spacial score (nSPS) is 29.2. The van der Waals surface area contributed by atoms with Crippen LogP contribution in [-0.4, -0.2) is 18.6 Å². The van der Waals surface area contributed by atoms with Crippen LogP contribution in [0.3, 0.4) is 0 Å². The number of halogens is 2. The fourth-order valence-electron chi connectivity index (χ4n) is 3.91. The number of rotatable bonds is 4. The average Bonchev–Trinajstić information content (AvgIpc) is 2.63. The van der Waals surface area contributed by atoms with Crippen molar-refractivity contribution in [1.29, 1.82) is 0 Å². The van der Waals surface area contributed by atoms with Gasteiger partial charge in [0, 0.05) is 5.03 Å². The van der Waals surface area contributed by atoms with Crippen LogP contribution in [0.15, 0.2) is 47.5 Å². The first-order chi connectivity index (χ1) is 12.0. The molecular formula is C20H23ClFNO2. The summed E-state index contributed by atoms with van der Waals surface area (Å²) in [5.74, 6) is -0.821. The highest BCUT2D eigenvalue weighted by molar-refractivity contribution is 6.29. The molecule has 1 fully saturated rings. The Kier molecular flexibility index (Phi) is 5.60. The Hall–Kier alpha value is -1.65. The van der Waals surface area contributed by atoms with E-state index in [2.05, 4.69) is 6.08 Å². The molecular weight excluding hydrogens is 341 g/mol. The molecule has 25 heavy (non-hydrogen) atoms. The van der Waals surface area contributed by atoms with Crippen molar-refractivity contribution in [1.82, 2.24) is 0 Å². The largest absolute Gasteiger partial charge is 0.459 e. The highest BCUT2D eigenvalue weighted by Crippen LogP contribution is 2.47. The minimum atomic E-state index is -0.591. The zero-order valence-electron chi connectivity index (χ0n) is 14.1. The lowest BCUT2D eigenvalue weighted by Gasteiger charge is -2.44. The molecule has 2 aliphatic carbocycles. The van der Waals surface area contributed by atoms with Crippen molar-refractivity contribution < 1.29 is 13.9 Å². The molecule has 0 spiro atoms. The summed E-state index contributed by atoms with van der Waals surface area (Å²) in [6.45, 7) is 0.583. The Balaban J connectivity index is 1.61. The van der Waals surface area contributed by atoms with Gasteiger partial charge in [0.2, 0.25) is 0 Å². The molecule has 5 heteroatoms. The topological polar surface area (TPSA) is 52.3 Å². The number of carbonyl (C=O) groups excluding carboxylic acids is 1. The van der Waals surface area contributed by atoms with Crippen molar-refractivity contribution in [2.24, 2.45) is 17.1 Å². The highest BCUT2D eigenvalue weighted by atomic mass is 35.5. The Labute approximate surface area is 152 Å². The van der Waals surface area contributed by atoms with Crippen molar-refractivity contribution in [3.8, 4) is 0 Å². The maximum Gasteiger partial charge on any atom is 0.341 e. The van der Waals surface area contributed by atoms with E-state index in [1.165, 1.54) is 12.1 Å². The summed E-state index contributed by atoms with van der Waals surface area (Å²) >= 11 is 6.19. The standard InChI is InChI=1S/C20H23ClFNO2/c21-15-5-3-4-14(12-15)20(13-23)10-8-16(9-11-20)25-19(24)17-6-1-2-7-18(17)22/h1-7,14,16H,8-13,23H2. The van der Waals surface area contributed by atoms with Gasteiger partial charge in [-0.25, -0.2) is 9.18 Å². The second-order valence-corrected chi connectivity index (χ2v) is 7.45. The molecule has 2 N–H and O–H groups in total. The molecule has 0 amide bonds. The molecule has 0 saturated heterocycles. The average molecular weight is 364 g/mol. The lowest BCUT2D eigenvalue weighted by molar-refractivity contribution is -0.00179. The molecule has 3 rings (SSSR count). The minimum absolute atomic E-state index is 0.00813. The molecule has 1 aromatic rings. The predicted octanol–water partition coefficient (Wildman–Crippen LogP) is 4.57. The second-order valence-electron chi connectivity index (χ2n) is 6.96. The van der Waals surface area contributed by atoms with Gasteiger partial charge < -0.3 is 10.5 Å². The summed E-state index contributed by atoms with van der Waals surface area (Å²) in [6.07, 6.45) is 9.95. The van der Waals surface area contributed by atoms with E-state index >= 15 is 0 Å². The van der Waals surface area contributed by atoms with Gasteiger partial charge in [-0.1, -0.05) is 35.9 Å². The number of carbonyl (C=O) groups is 1.